The summed E-state index contributed by atoms with van der Waals surface area (Å²) in [5.74, 6) is 0. The fraction of sp³-hybridized carbons (Fsp3) is 0.462. The van der Waals surface area contributed by atoms with Crippen LogP contribution in [0.3, 0.4) is 0 Å². The van der Waals surface area contributed by atoms with Crippen molar-refractivity contribution < 1.29 is 21.6 Å². The van der Waals surface area contributed by atoms with E-state index in [9.17, 15) is 21.6 Å². The SMILES string of the molecule is CNC1CCN(S(=O)(=O)c2ccc(C(F)(F)F)c(C#N)c2)C1. The molecular formula is C13H14F3N3O2S. The number of rotatable bonds is 3. The first kappa shape index (κ1) is 16.7. The molecular weight excluding hydrogens is 319 g/mol. The van der Waals surface area contributed by atoms with Crippen LogP contribution < -0.4 is 5.32 Å². The summed E-state index contributed by atoms with van der Waals surface area (Å²) < 4.78 is 64.3. The fourth-order valence-electron chi connectivity index (χ4n) is 2.35. The molecule has 0 amide bonds. The number of nitrogens with one attached hydrogen (secondary N) is 1. The van der Waals surface area contributed by atoms with E-state index >= 15 is 0 Å². The van der Waals surface area contributed by atoms with Crippen LogP contribution in [0.15, 0.2) is 23.1 Å². The van der Waals surface area contributed by atoms with Crippen molar-refractivity contribution in [3.8, 4) is 6.07 Å². The maximum Gasteiger partial charge on any atom is 0.417 e. The average Bonchev–Trinajstić information content (AvgIpc) is 2.95. The number of hydrogen-bond donors (Lipinski definition) is 1. The summed E-state index contributed by atoms with van der Waals surface area (Å²) in [6.45, 7) is 0.540. The Labute approximate surface area is 126 Å². The van der Waals surface area contributed by atoms with Gasteiger partial charge >= 0.3 is 6.18 Å². The van der Waals surface area contributed by atoms with Gasteiger partial charge in [0, 0.05) is 19.1 Å². The molecule has 120 valence electrons. The van der Waals surface area contributed by atoms with Crippen LogP contribution in [0.1, 0.15) is 17.5 Å². The molecule has 9 heteroatoms. The van der Waals surface area contributed by atoms with Crippen molar-refractivity contribution in [2.45, 2.75) is 23.5 Å². The number of nitriles is 1. The van der Waals surface area contributed by atoms with Crippen molar-refractivity contribution in [3.05, 3.63) is 29.3 Å². The van der Waals surface area contributed by atoms with E-state index in [1.807, 2.05) is 0 Å². The van der Waals surface area contributed by atoms with Gasteiger partial charge in [0.15, 0.2) is 0 Å². The summed E-state index contributed by atoms with van der Waals surface area (Å²) in [6.07, 6.45) is -4.07. The molecule has 0 aliphatic carbocycles. The van der Waals surface area contributed by atoms with Gasteiger partial charge in [-0.3, -0.25) is 0 Å². The highest BCUT2D eigenvalue weighted by molar-refractivity contribution is 7.89. The monoisotopic (exact) mass is 333 g/mol. The lowest BCUT2D eigenvalue weighted by Gasteiger charge is -2.17. The fourth-order valence-corrected chi connectivity index (χ4v) is 3.88. The van der Waals surface area contributed by atoms with Gasteiger partial charge in [-0.1, -0.05) is 0 Å². The Bertz CT molecular complexity index is 710. The molecule has 1 aromatic rings. The molecule has 5 nitrogen and oxygen atoms in total. The molecule has 0 bridgehead atoms. The normalized spacial score (nSPS) is 20.0. The summed E-state index contributed by atoms with van der Waals surface area (Å²) in [5, 5.41) is 11.8. The van der Waals surface area contributed by atoms with Crippen molar-refractivity contribution in [2.75, 3.05) is 20.1 Å². The zero-order valence-electron chi connectivity index (χ0n) is 11.7. The van der Waals surface area contributed by atoms with E-state index in [0.717, 1.165) is 12.1 Å². The van der Waals surface area contributed by atoms with Crippen LogP contribution in [-0.4, -0.2) is 38.9 Å². The summed E-state index contributed by atoms with van der Waals surface area (Å²) in [4.78, 5) is -0.297. The molecule has 1 atom stereocenters. The van der Waals surface area contributed by atoms with Crippen LogP contribution in [0.25, 0.3) is 0 Å². The first-order chi connectivity index (χ1) is 10.2. The van der Waals surface area contributed by atoms with E-state index in [-0.39, 0.29) is 24.0 Å². The van der Waals surface area contributed by atoms with Gasteiger partial charge in [0.25, 0.3) is 0 Å². The van der Waals surface area contributed by atoms with Gasteiger partial charge < -0.3 is 5.32 Å². The first-order valence-electron chi connectivity index (χ1n) is 6.49. The summed E-state index contributed by atoms with van der Waals surface area (Å²) in [7, 11) is -2.19. The van der Waals surface area contributed by atoms with Crippen molar-refractivity contribution >= 4 is 10.0 Å². The smallest absolute Gasteiger partial charge is 0.316 e. The minimum Gasteiger partial charge on any atom is -0.316 e. The molecule has 1 aromatic carbocycles. The van der Waals surface area contributed by atoms with Crippen LogP contribution in [0.2, 0.25) is 0 Å². The average molecular weight is 333 g/mol. The van der Waals surface area contributed by atoms with E-state index in [4.69, 9.17) is 5.26 Å². The minimum absolute atomic E-state index is 0.0136. The number of alkyl halides is 3. The number of halogens is 3. The largest absolute Gasteiger partial charge is 0.417 e. The lowest BCUT2D eigenvalue weighted by molar-refractivity contribution is -0.137. The van der Waals surface area contributed by atoms with Crippen LogP contribution in [0.4, 0.5) is 13.2 Å². The van der Waals surface area contributed by atoms with Crippen molar-refractivity contribution in [1.29, 1.82) is 5.26 Å². The molecule has 1 saturated heterocycles. The topological polar surface area (TPSA) is 73.2 Å². The molecule has 1 aliphatic heterocycles. The molecule has 2 rings (SSSR count). The predicted molar refractivity (Wildman–Crippen MR) is 72.4 cm³/mol. The molecule has 1 heterocycles. The quantitative estimate of drug-likeness (QED) is 0.911. The zero-order chi connectivity index (χ0) is 16.5. The highest BCUT2D eigenvalue weighted by Gasteiger charge is 2.36. The molecule has 1 fully saturated rings. The Morgan fingerprint density at radius 1 is 1.41 bits per heavy atom. The molecule has 1 aliphatic rings. The molecule has 1 unspecified atom stereocenters. The highest BCUT2D eigenvalue weighted by Crippen LogP contribution is 2.33. The number of hydrogen-bond acceptors (Lipinski definition) is 4. The van der Waals surface area contributed by atoms with Gasteiger partial charge in [-0.2, -0.15) is 22.7 Å². The Hall–Kier alpha value is -1.63. The second-order valence-electron chi connectivity index (χ2n) is 4.95. The third kappa shape index (κ3) is 3.09. The van der Waals surface area contributed by atoms with Gasteiger partial charge in [0.1, 0.15) is 0 Å². The van der Waals surface area contributed by atoms with Crippen molar-refractivity contribution in [3.63, 3.8) is 0 Å². The highest BCUT2D eigenvalue weighted by atomic mass is 32.2. The van der Waals surface area contributed by atoms with E-state index in [0.29, 0.717) is 12.5 Å². The minimum atomic E-state index is -4.70. The third-order valence-electron chi connectivity index (χ3n) is 3.61. The summed E-state index contributed by atoms with van der Waals surface area (Å²) in [6, 6.07) is 3.74. The van der Waals surface area contributed by atoms with Crippen LogP contribution in [-0.2, 0) is 16.2 Å². The standard InChI is InChI=1S/C13H14F3N3O2S/c1-18-10-4-5-19(8-10)22(20,21)11-2-3-12(13(14,15)16)9(6-11)7-17/h2-3,6,10,18H,4-5,8H2,1H3. The Morgan fingerprint density at radius 3 is 2.59 bits per heavy atom. The van der Waals surface area contributed by atoms with Gasteiger partial charge in [-0.25, -0.2) is 8.42 Å². The summed E-state index contributed by atoms with van der Waals surface area (Å²) >= 11 is 0. The third-order valence-corrected chi connectivity index (χ3v) is 5.48. The molecule has 22 heavy (non-hydrogen) atoms. The molecule has 0 spiro atoms. The van der Waals surface area contributed by atoms with E-state index < -0.39 is 27.3 Å². The predicted octanol–water partition coefficient (Wildman–Crippen LogP) is 1.56. The van der Waals surface area contributed by atoms with Gasteiger partial charge in [-0.15, -0.1) is 0 Å². The second kappa shape index (κ2) is 5.87. The maximum absolute atomic E-state index is 12.7. The molecule has 0 radical (unpaired) electrons. The van der Waals surface area contributed by atoms with Crippen LogP contribution in [0.5, 0.6) is 0 Å². The summed E-state index contributed by atoms with van der Waals surface area (Å²) in [5.41, 5.74) is -1.83. The first-order valence-corrected chi connectivity index (χ1v) is 7.93. The van der Waals surface area contributed by atoms with Gasteiger partial charge in [0.2, 0.25) is 10.0 Å². The van der Waals surface area contributed by atoms with Crippen molar-refractivity contribution in [1.82, 2.24) is 9.62 Å². The maximum atomic E-state index is 12.7. The Morgan fingerprint density at radius 2 is 2.09 bits per heavy atom. The lowest BCUT2D eigenvalue weighted by Crippen LogP contribution is -2.33. The number of sulfonamides is 1. The number of benzene rings is 1. The molecule has 0 aromatic heterocycles. The van der Waals surface area contributed by atoms with E-state index in [1.54, 1.807) is 7.05 Å². The van der Waals surface area contributed by atoms with Crippen LogP contribution >= 0.6 is 0 Å². The second-order valence-corrected chi connectivity index (χ2v) is 6.89. The lowest BCUT2D eigenvalue weighted by atomic mass is 10.1. The van der Waals surface area contributed by atoms with Crippen molar-refractivity contribution in [2.24, 2.45) is 0 Å². The van der Waals surface area contributed by atoms with Gasteiger partial charge in [-0.05, 0) is 31.7 Å². The Balaban J connectivity index is 2.39. The number of nitrogens with zero attached hydrogens (tertiary/aromatic N) is 2. The molecule has 0 saturated carbocycles. The van der Waals surface area contributed by atoms with Crippen LogP contribution in [0, 0.1) is 11.3 Å². The zero-order valence-corrected chi connectivity index (χ0v) is 12.5. The Kier molecular flexibility index (Phi) is 4.47. The number of likely N-dealkylation sites (N-methyl/N-ethyl adjacent to an activating group) is 1. The van der Waals surface area contributed by atoms with E-state index in [2.05, 4.69) is 5.32 Å². The van der Waals surface area contributed by atoms with Gasteiger partial charge in [0.05, 0.1) is 22.1 Å². The van der Waals surface area contributed by atoms with E-state index in [1.165, 1.54) is 10.4 Å². The molecule has 1 N–H and O–H groups in total.